The lowest BCUT2D eigenvalue weighted by atomic mass is 10.1. The van der Waals surface area contributed by atoms with E-state index in [1.165, 1.54) is 11.8 Å². The molecule has 0 aromatic carbocycles. The van der Waals surface area contributed by atoms with Crippen molar-refractivity contribution >= 4 is 21.8 Å². The Kier molecular flexibility index (Phi) is 3.85. The van der Waals surface area contributed by atoms with Crippen LogP contribution in [0, 0.1) is 0 Å². The van der Waals surface area contributed by atoms with Gasteiger partial charge in [0.2, 0.25) is 10.0 Å². The molecule has 0 aromatic heterocycles. The van der Waals surface area contributed by atoms with Crippen LogP contribution in [0.3, 0.4) is 0 Å². The third-order valence-electron chi connectivity index (χ3n) is 2.07. The Hall–Kier alpha value is 0.220. The summed E-state index contributed by atoms with van der Waals surface area (Å²) in [6.07, 6.45) is 3.38. The van der Waals surface area contributed by atoms with Gasteiger partial charge in [0.05, 0.1) is 10.9 Å². The molecule has 0 aromatic rings. The van der Waals surface area contributed by atoms with Crippen molar-refractivity contribution in [1.29, 1.82) is 0 Å². The van der Waals surface area contributed by atoms with Gasteiger partial charge in [-0.15, -0.1) is 0 Å². The van der Waals surface area contributed by atoms with Crippen molar-refractivity contribution in [2.24, 2.45) is 0 Å². The maximum atomic E-state index is 11.4. The maximum absolute atomic E-state index is 11.4. The summed E-state index contributed by atoms with van der Waals surface area (Å²) in [5.74, 6) is 0.528. The van der Waals surface area contributed by atoms with Crippen molar-refractivity contribution in [2.45, 2.75) is 30.6 Å². The van der Waals surface area contributed by atoms with Crippen molar-refractivity contribution in [3.63, 3.8) is 0 Å². The van der Waals surface area contributed by atoms with Crippen LogP contribution >= 0.6 is 11.8 Å². The first-order valence-electron chi connectivity index (χ1n) is 4.57. The predicted octanol–water partition coefficient (Wildman–Crippen LogP) is 0.182. The first kappa shape index (κ1) is 12.3. The summed E-state index contributed by atoms with van der Waals surface area (Å²) in [7, 11) is -3.16. The van der Waals surface area contributed by atoms with E-state index in [-0.39, 0.29) is 11.8 Å². The third-order valence-corrected chi connectivity index (χ3v) is 4.88. The highest BCUT2D eigenvalue weighted by atomic mass is 32.2. The number of sulfonamides is 1. The number of rotatable bonds is 6. The molecule has 1 saturated carbocycles. The molecule has 4 nitrogen and oxygen atoms in total. The molecule has 0 heterocycles. The van der Waals surface area contributed by atoms with E-state index in [4.69, 9.17) is 0 Å². The van der Waals surface area contributed by atoms with Gasteiger partial charge in [0.1, 0.15) is 0 Å². The molecule has 0 bridgehead atoms. The number of hydrogen-bond acceptors (Lipinski definition) is 4. The van der Waals surface area contributed by atoms with Crippen molar-refractivity contribution < 1.29 is 13.5 Å². The van der Waals surface area contributed by atoms with Crippen LogP contribution in [-0.2, 0) is 10.0 Å². The highest BCUT2D eigenvalue weighted by Gasteiger charge is 2.36. The largest absolute Gasteiger partial charge is 0.388 e. The van der Waals surface area contributed by atoms with E-state index in [9.17, 15) is 13.5 Å². The summed E-state index contributed by atoms with van der Waals surface area (Å²) < 4.78 is 25.3. The molecule has 1 fully saturated rings. The highest BCUT2D eigenvalue weighted by Crippen LogP contribution is 2.27. The monoisotopic (exact) mass is 239 g/mol. The fraction of sp³-hybridized carbons (Fsp3) is 1.00. The van der Waals surface area contributed by atoms with Gasteiger partial charge in [-0.1, -0.05) is 0 Å². The Morgan fingerprint density at radius 2 is 2.14 bits per heavy atom. The SMILES string of the molecule is CSCC(C)(O)CNS(=O)(=O)C1CC1. The quantitative estimate of drug-likeness (QED) is 0.694. The standard InChI is InChI=1S/C8H17NO3S2/c1-8(10,6-13-2)5-9-14(11,12)7-3-4-7/h7,9-10H,3-6H2,1-2H3. The smallest absolute Gasteiger partial charge is 0.214 e. The lowest BCUT2D eigenvalue weighted by molar-refractivity contribution is 0.0908. The summed E-state index contributed by atoms with van der Waals surface area (Å²) in [4.78, 5) is 0. The highest BCUT2D eigenvalue weighted by molar-refractivity contribution is 7.98. The fourth-order valence-corrected chi connectivity index (χ4v) is 3.34. The summed E-state index contributed by atoms with van der Waals surface area (Å²) in [5, 5.41) is 9.52. The molecule has 84 valence electrons. The molecule has 0 amide bonds. The van der Waals surface area contributed by atoms with Crippen LogP contribution in [0.5, 0.6) is 0 Å². The fourth-order valence-electron chi connectivity index (χ4n) is 1.11. The van der Waals surface area contributed by atoms with Crippen molar-refractivity contribution in [1.82, 2.24) is 4.72 Å². The molecule has 1 unspecified atom stereocenters. The Balaban J connectivity index is 2.39. The molecular formula is C8H17NO3S2. The van der Waals surface area contributed by atoms with Crippen LogP contribution < -0.4 is 4.72 Å². The van der Waals surface area contributed by atoms with Crippen LogP contribution in [-0.4, -0.2) is 42.9 Å². The van der Waals surface area contributed by atoms with E-state index in [1.807, 2.05) is 6.26 Å². The van der Waals surface area contributed by atoms with Gasteiger partial charge in [-0.2, -0.15) is 11.8 Å². The van der Waals surface area contributed by atoms with Gasteiger partial charge < -0.3 is 5.11 Å². The Labute approximate surface area is 89.5 Å². The van der Waals surface area contributed by atoms with E-state index < -0.39 is 15.6 Å². The van der Waals surface area contributed by atoms with Crippen molar-refractivity contribution in [2.75, 3.05) is 18.6 Å². The third kappa shape index (κ3) is 3.76. The molecule has 0 spiro atoms. The maximum Gasteiger partial charge on any atom is 0.214 e. The molecule has 14 heavy (non-hydrogen) atoms. The summed E-state index contributed by atoms with van der Waals surface area (Å²) in [5.41, 5.74) is -0.957. The summed E-state index contributed by atoms with van der Waals surface area (Å²) in [6.45, 7) is 1.74. The zero-order chi connectivity index (χ0) is 10.8. The van der Waals surface area contributed by atoms with Crippen molar-refractivity contribution in [3.05, 3.63) is 0 Å². The van der Waals surface area contributed by atoms with E-state index in [0.29, 0.717) is 5.75 Å². The molecule has 2 N–H and O–H groups in total. The normalized spacial score (nSPS) is 21.9. The van der Waals surface area contributed by atoms with Gasteiger partial charge in [-0.05, 0) is 26.0 Å². The number of thioether (sulfide) groups is 1. The molecule has 0 saturated heterocycles. The van der Waals surface area contributed by atoms with E-state index in [1.54, 1.807) is 6.92 Å². The second-order valence-electron chi connectivity index (χ2n) is 4.00. The van der Waals surface area contributed by atoms with Crippen LogP contribution in [0.1, 0.15) is 19.8 Å². The summed E-state index contributed by atoms with van der Waals surface area (Å²) >= 11 is 1.50. The Bertz CT molecular complexity index is 283. The molecule has 0 aliphatic heterocycles. The molecular weight excluding hydrogens is 222 g/mol. The second-order valence-corrected chi connectivity index (χ2v) is 6.91. The lowest BCUT2D eigenvalue weighted by Crippen LogP contribution is -2.43. The molecule has 1 aliphatic rings. The van der Waals surface area contributed by atoms with Gasteiger partial charge in [0, 0.05) is 12.3 Å². The molecule has 1 rings (SSSR count). The molecule has 1 aliphatic carbocycles. The minimum Gasteiger partial charge on any atom is -0.388 e. The average Bonchev–Trinajstić information content (AvgIpc) is 2.83. The van der Waals surface area contributed by atoms with Crippen molar-refractivity contribution in [3.8, 4) is 0 Å². The van der Waals surface area contributed by atoms with Crippen LogP contribution in [0.25, 0.3) is 0 Å². The number of nitrogens with one attached hydrogen (secondary N) is 1. The van der Waals surface area contributed by atoms with E-state index >= 15 is 0 Å². The first-order chi connectivity index (χ1) is 6.37. The first-order valence-corrected chi connectivity index (χ1v) is 7.51. The van der Waals surface area contributed by atoms with Gasteiger partial charge in [0.15, 0.2) is 0 Å². The zero-order valence-corrected chi connectivity index (χ0v) is 10.1. The van der Waals surface area contributed by atoms with Gasteiger partial charge in [0.25, 0.3) is 0 Å². The minimum absolute atomic E-state index is 0.104. The van der Waals surface area contributed by atoms with E-state index in [0.717, 1.165) is 12.8 Å². The van der Waals surface area contributed by atoms with Gasteiger partial charge in [-0.3, -0.25) is 0 Å². The van der Waals surface area contributed by atoms with E-state index in [2.05, 4.69) is 4.72 Å². The second kappa shape index (κ2) is 4.38. The zero-order valence-electron chi connectivity index (χ0n) is 8.49. The average molecular weight is 239 g/mol. The number of aliphatic hydroxyl groups is 1. The predicted molar refractivity (Wildman–Crippen MR) is 59.0 cm³/mol. The Morgan fingerprint density at radius 1 is 1.57 bits per heavy atom. The molecule has 0 radical (unpaired) electrons. The lowest BCUT2D eigenvalue weighted by Gasteiger charge is -2.22. The Morgan fingerprint density at radius 3 is 2.57 bits per heavy atom. The van der Waals surface area contributed by atoms with Crippen LogP contribution in [0.2, 0.25) is 0 Å². The van der Waals surface area contributed by atoms with Gasteiger partial charge >= 0.3 is 0 Å². The number of hydrogen-bond donors (Lipinski definition) is 2. The minimum atomic E-state index is -3.16. The van der Waals surface area contributed by atoms with Crippen LogP contribution in [0.4, 0.5) is 0 Å². The van der Waals surface area contributed by atoms with Gasteiger partial charge in [-0.25, -0.2) is 13.1 Å². The molecule has 6 heteroatoms. The van der Waals surface area contributed by atoms with Crippen LogP contribution in [0.15, 0.2) is 0 Å². The topological polar surface area (TPSA) is 66.4 Å². The summed E-state index contributed by atoms with van der Waals surface area (Å²) in [6, 6.07) is 0. The molecule has 1 atom stereocenters.